The van der Waals surface area contributed by atoms with Crippen molar-refractivity contribution < 1.29 is 28.6 Å². The van der Waals surface area contributed by atoms with Crippen molar-refractivity contribution in [3.8, 4) is 0 Å². The number of esters is 3. The maximum atomic E-state index is 12.1. The average molecular weight is 435 g/mol. The molecule has 32 heavy (non-hydrogen) atoms. The van der Waals surface area contributed by atoms with Gasteiger partial charge in [0.05, 0.1) is 26.4 Å². The maximum absolute atomic E-state index is 12.1. The highest BCUT2D eigenvalue weighted by Crippen LogP contribution is 2.26. The number of ether oxygens (including phenoxy) is 3. The topological polar surface area (TPSA) is 94.7 Å². The lowest BCUT2D eigenvalue weighted by atomic mass is 10.0. The number of rotatable bonds is 9. The van der Waals surface area contributed by atoms with Crippen molar-refractivity contribution >= 4 is 34.9 Å². The first-order valence-corrected chi connectivity index (χ1v) is 10.2. The van der Waals surface area contributed by atoms with Crippen LogP contribution in [-0.2, 0) is 30.2 Å². The minimum absolute atomic E-state index is 0.183. The van der Waals surface area contributed by atoms with Crippen molar-refractivity contribution in [3.05, 3.63) is 77.0 Å². The molecule has 3 rings (SSSR count). The van der Waals surface area contributed by atoms with Crippen LogP contribution in [0.4, 0.5) is 0 Å². The number of aromatic nitrogens is 1. The van der Waals surface area contributed by atoms with Crippen molar-refractivity contribution in [2.24, 2.45) is 0 Å². The Morgan fingerprint density at radius 3 is 2.22 bits per heavy atom. The number of benzene rings is 2. The Kier molecular flexibility index (Phi) is 7.80. The lowest BCUT2D eigenvalue weighted by Gasteiger charge is -2.06. The number of hydrogen-bond donors (Lipinski definition) is 1. The van der Waals surface area contributed by atoms with E-state index in [9.17, 15) is 14.4 Å². The number of methoxy groups -OCH3 is 2. The molecule has 0 atom stereocenters. The zero-order valence-corrected chi connectivity index (χ0v) is 18.1. The average Bonchev–Trinajstić information content (AvgIpc) is 3.18. The van der Waals surface area contributed by atoms with E-state index < -0.39 is 11.9 Å². The van der Waals surface area contributed by atoms with Crippen LogP contribution in [0.25, 0.3) is 17.0 Å². The first-order chi connectivity index (χ1) is 15.5. The Balaban J connectivity index is 1.73. The number of aromatic amines is 1. The predicted molar refractivity (Wildman–Crippen MR) is 120 cm³/mol. The third-order valence-electron chi connectivity index (χ3n) is 4.99. The van der Waals surface area contributed by atoms with E-state index in [1.807, 2.05) is 30.3 Å². The molecule has 7 nitrogen and oxygen atoms in total. The third-order valence-corrected chi connectivity index (χ3v) is 4.99. The van der Waals surface area contributed by atoms with E-state index in [1.54, 1.807) is 24.3 Å². The molecule has 3 aromatic rings. The van der Waals surface area contributed by atoms with Crippen LogP contribution in [-0.4, -0.2) is 43.7 Å². The van der Waals surface area contributed by atoms with Gasteiger partial charge in [-0.25, -0.2) is 14.4 Å². The van der Waals surface area contributed by atoms with Crippen LogP contribution in [0.2, 0.25) is 0 Å². The fourth-order valence-corrected chi connectivity index (χ4v) is 3.37. The summed E-state index contributed by atoms with van der Waals surface area (Å²) in [5.74, 6) is -1.87. The summed E-state index contributed by atoms with van der Waals surface area (Å²) in [5, 5.41) is 0.878. The fourth-order valence-electron chi connectivity index (χ4n) is 3.37. The first-order valence-electron chi connectivity index (χ1n) is 10.2. The van der Waals surface area contributed by atoms with Gasteiger partial charge in [-0.3, -0.25) is 0 Å². The van der Waals surface area contributed by atoms with Gasteiger partial charge in [0, 0.05) is 22.2 Å². The molecule has 0 aliphatic carbocycles. The lowest BCUT2D eigenvalue weighted by molar-refractivity contribution is -0.143. The number of carbonyl (C=O) groups excluding carboxylic acids is 3. The Morgan fingerprint density at radius 1 is 0.875 bits per heavy atom. The third kappa shape index (κ3) is 5.43. The van der Waals surface area contributed by atoms with Crippen LogP contribution < -0.4 is 0 Å². The first kappa shape index (κ1) is 22.8. The molecule has 0 bridgehead atoms. The molecule has 0 unspecified atom stereocenters. The summed E-state index contributed by atoms with van der Waals surface area (Å²) in [6, 6.07) is 16.5. The zero-order valence-electron chi connectivity index (χ0n) is 18.1. The van der Waals surface area contributed by atoms with Crippen LogP contribution in [0, 0.1) is 0 Å². The quantitative estimate of drug-likeness (QED) is 0.136. The van der Waals surface area contributed by atoms with Gasteiger partial charge < -0.3 is 19.2 Å². The molecule has 0 saturated heterocycles. The van der Waals surface area contributed by atoms with Crippen molar-refractivity contribution in [1.29, 1.82) is 0 Å². The van der Waals surface area contributed by atoms with Crippen molar-refractivity contribution in [3.63, 3.8) is 0 Å². The second-order valence-electron chi connectivity index (χ2n) is 7.06. The Morgan fingerprint density at radius 2 is 1.53 bits per heavy atom. The maximum Gasteiger partial charge on any atom is 0.345 e. The van der Waals surface area contributed by atoms with Gasteiger partial charge in [-0.05, 0) is 43.5 Å². The summed E-state index contributed by atoms with van der Waals surface area (Å²) < 4.78 is 14.8. The Hall–Kier alpha value is -3.87. The standard InChI is InChI=1S/C25H25NO6/c1-30-24(28)20(25(29)31-2)16-19-18-12-6-7-13-21(18)26-22(19)14-8-9-15-32-23(27)17-10-4-3-5-11-17/h3-7,10-13,16,26H,8-9,14-15H2,1-2H3. The summed E-state index contributed by atoms with van der Waals surface area (Å²) in [6.45, 7) is 0.300. The molecule has 1 N–H and O–H groups in total. The zero-order chi connectivity index (χ0) is 22.9. The molecular weight excluding hydrogens is 410 g/mol. The highest BCUT2D eigenvalue weighted by Gasteiger charge is 2.21. The van der Waals surface area contributed by atoms with Gasteiger partial charge in [0.25, 0.3) is 0 Å². The number of aryl methyl sites for hydroxylation is 1. The van der Waals surface area contributed by atoms with Gasteiger partial charge in [-0.2, -0.15) is 0 Å². The van der Waals surface area contributed by atoms with Crippen LogP contribution in [0.3, 0.4) is 0 Å². The molecular formula is C25H25NO6. The van der Waals surface area contributed by atoms with Gasteiger partial charge in [0.15, 0.2) is 0 Å². The highest BCUT2D eigenvalue weighted by molar-refractivity contribution is 6.18. The van der Waals surface area contributed by atoms with Gasteiger partial charge in [-0.15, -0.1) is 0 Å². The van der Waals surface area contributed by atoms with Gasteiger partial charge in [0.2, 0.25) is 0 Å². The van der Waals surface area contributed by atoms with Crippen LogP contribution in [0.5, 0.6) is 0 Å². The summed E-state index contributed by atoms with van der Waals surface area (Å²) in [7, 11) is 2.43. The van der Waals surface area contributed by atoms with E-state index in [4.69, 9.17) is 14.2 Å². The monoisotopic (exact) mass is 435 g/mol. The van der Waals surface area contributed by atoms with Crippen LogP contribution in [0.1, 0.15) is 34.5 Å². The largest absolute Gasteiger partial charge is 0.465 e. The fraction of sp³-hybridized carbons (Fsp3) is 0.240. The smallest absolute Gasteiger partial charge is 0.345 e. The summed E-state index contributed by atoms with van der Waals surface area (Å²) in [5.41, 5.74) is 2.82. The number of fused-ring (bicyclic) bond motifs is 1. The van der Waals surface area contributed by atoms with Gasteiger partial charge >= 0.3 is 17.9 Å². The van der Waals surface area contributed by atoms with Crippen molar-refractivity contribution in [1.82, 2.24) is 4.98 Å². The minimum Gasteiger partial charge on any atom is -0.465 e. The van der Waals surface area contributed by atoms with E-state index in [0.717, 1.165) is 28.6 Å². The van der Waals surface area contributed by atoms with Crippen molar-refractivity contribution in [2.75, 3.05) is 20.8 Å². The lowest BCUT2D eigenvalue weighted by Crippen LogP contribution is -2.15. The normalized spacial score (nSPS) is 10.4. The molecule has 0 aliphatic heterocycles. The number of H-pyrrole nitrogens is 1. The number of carbonyl (C=O) groups is 3. The van der Waals surface area contributed by atoms with Crippen LogP contribution >= 0.6 is 0 Å². The number of unbranched alkanes of at least 4 members (excludes halogenated alkanes) is 1. The van der Waals surface area contributed by atoms with E-state index in [-0.39, 0.29) is 11.5 Å². The van der Waals surface area contributed by atoms with Gasteiger partial charge in [0.1, 0.15) is 5.57 Å². The Labute approximate surface area is 186 Å². The molecule has 0 saturated carbocycles. The molecule has 7 heteroatoms. The number of hydrogen-bond acceptors (Lipinski definition) is 6. The number of nitrogens with one attached hydrogen (secondary N) is 1. The summed E-state index contributed by atoms with van der Waals surface area (Å²) in [6.07, 6.45) is 3.54. The molecule has 166 valence electrons. The molecule has 0 aliphatic rings. The molecule has 0 radical (unpaired) electrons. The van der Waals surface area contributed by atoms with E-state index in [2.05, 4.69) is 4.98 Å². The number of para-hydroxylation sites is 1. The molecule has 0 fully saturated rings. The molecule has 1 aromatic heterocycles. The second-order valence-corrected chi connectivity index (χ2v) is 7.06. The molecule has 1 heterocycles. The molecule has 0 amide bonds. The Bertz CT molecular complexity index is 1110. The predicted octanol–water partition coefficient (Wildman–Crippen LogP) is 4.08. The molecule has 0 spiro atoms. The van der Waals surface area contributed by atoms with Crippen molar-refractivity contribution in [2.45, 2.75) is 19.3 Å². The minimum atomic E-state index is -0.763. The SMILES string of the molecule is COC(=O)C(=Cc1c(CCCCOC(=O)c2ccccc2)[nH]c2ccccc12)C(=O)OC. The van der Waals surface area contributed by atoms with E-state index in [0.29, 0.717) is 25.0 Å². The summed E-state index contributed by atoms with van der Waals surface area (Å²) in [4.78, 5) is 39.6. The summed E-state index contributed by atoms with van der Waals surface area (Å²) >= 11 is 0. The van der Waals surface area contributed by atoms with Crippen LogP contribution in [0.15, 0.2) is 60.2 Å². The van der Waals surface area contributed by atoms with Gasteiger partial charge in [-0.1, -0.05) is 36.4 Å². The molecule has 2 aromatic carbocycles. The van der Waals surface area contributed by atoms with E-state index >= 15 is 0 Å². The van der Waals surface area contributed by atoms with E-state index in [1.165, 1.54) is 20.3 Å². The second kappa shape index (κ2) is 10.9. The highest BCUT2D eigenvalue weighted by atomic mass is 16.5.